The number of hydrogen-bond acceptors (Lipinski definition) is 8. The lowest BCUT2D eigenvalue weighted by Gasteiger charge is -2.14. The Morgan fingerprint density at radius 2 is 2.14 bits per heavy atom. The SMILES string of the molecule is CCOP(Cn1ccc(Nc2ncnc3ccc(O[C@@H](C)COC)cc23)n1)OF. The second-order valence-corrected chi connectivity index (χ2v) is 7.46. The maximum absolute atomic E-state index is 12.5. The van der Waals surface area contributed by atoms with Gasteiger partial charge in [0, 0.05) is 24.8 Å². The molecule has 156 valence electrons. The zero-order valence-electron chi connectivity index (χ0n) is 16.4. The van der Waals surface area contributed by atoms with Crippen LogP contribution < -0.4 is 10.1 Å². The normalized spacial score (nSPS) is 13.4. The average molecular weight is 423 g/mol. The number of rotatable bonds is 11. The Morgan fingerprint density at radius 3 is 2.90 bits per heavy atom. The maximum atomic E-state index is 12.5. The number of hydrogen-bond donors (Lipinski definition) is 1. The van der Waals surface area contributed by atoms with Gasteiger partial charge >= 0.3 is 0 Å². The van der Waals surface area contributed by atoms with Crippen LogP contribution in [0.4, 0.5) is 16.2 Å². The molecule has 0 saturated heterocycles. The predicted octanol–water partition coefficient (Wildman–Crippen LogP) is 4.19. The van der Waals surface area contributed by atoms with E-state index in [0.29, 0.717) is 30.6 Å². The Morgan fingerprint density at radius 1 is 1.28 bits per heavy atom. The second-order valence-electron chi connectivity index (χ2n) is 6.11. The van der Waals surface area contributed by atoms with Crippen LogP contribution >= 0.6 is 8.38 Å². The van der Waals surface area contributed by atoms with Crippen LogP contribution in [0.2, 0.25) is 0 Å². The van der Waals surface area contributed by atoms with Gasteiger partial charge in [-0.15, -0.1) is 4.73 Å². The lowest BCUT2D eigenvalue weighted by molar-refractivity contribution is -0.0112. The molecule has 2 aromatic heterocycles. The summed E-state index contributed by atoms with van der Waals surface area (Å²) in [5, 5.41) is 8.31. The summed E-state index contributed by atoms with van der Waals surface area (Å²) in [6.07, 6.45) is 3.27. The first-order valence-corrected chi connectivity index (χ1v) is 10.4. The summed E-state index contributed by atoms with van der Waals surface area (Å²) in [7, 11) is -0.0400. The van der Waals surface area contributed by atoms with Crippen LogP contribution in [0.25, 0.3) is 10.9 Å². The summed E-state index contributed by atoms with van der Waals surface area (Å²) in [5.74, 6) is 1.82. The minimum absolute atomic E-state index is 0.0906. The Bertz CT molecular complexity index is 928. The molecular weight excluding hydrogens is 400 g/mol. The number of aromatic nitrogens is 4. The van der Waals surface area contributed by atoms with E-state index in [9.17, 15) is 4.53 Å². The molecule has 0 aliphatic rings. The molecule has 0 aliphatic carbocycles. The lowest BCUT2D eigenvalue weighted by atomic mass is 10.2. The van der Waals surface area contributed by atoms with E-state index >= 15 is 0 Å². The highest BCUT2D eigenvalue weighted by Crippen LogP contribution is 2.40. The molecule has 0 bridgehead atoms. The highest BCUT2D eigenvalue weighted by atomic mass is 31.2. The smallest absolute Gasteiger partial charge is 0.237 e. The van der Waals surface area contributed by atoms with Crippen molar-refractivity contribution < 1.29 is 23.3 Å². The van der Waals surface area contributed by atoms with Gasteiger partial charge in [0.25, 0.3) is 0 Å². The zero-order chi connectivity index (χ0) is 20.6. The number of halogens is 1. The van der Waals surface area contributed by atoms with E-state index in [1.165, 1.54) is 6.33 Å². The first kappa shape index (κ1) is 21.3. The van der Waals surface area contributed by atoms with Crippen molar-refractivity contribution in [2.75, 3.05) is 25.6 Å². The molecule has 0 amide bonds. The van der Waals surface area contributed by atoms with Gasteiger partial charge in [0.2, 0.25) is 8.38 Å². The number of nitrogens with one attached hydrogen (secondary N) is 1. The van der Waals surface area contributed by atoms with Crippen LogP contribution in [-0.4, -0.2) is 46.2 Å². The van der Waals surface area contributed by atoms with E-state index in [4.69, 9.17) is 14.0 Å². The molecule has 0 spiro atoms. The fourth-order valence-electron chi connectivity index (χ4n) is 2.68. The summed E-state index contributed by atoms with van der Waals surface area (Å²) in [4.78, 5) is 8.60. The third-order valence-corrected chi connectivity index (χ3v) is 5.06. The molecule has 3 aromatic rings. The summed E-state index contributed by atoms with van der Waals surface area (Å²) in [6.45, 7) is 4.55. The molecule has 11 heteroatoms. The first-order valence-electron chi connectivity index (χ1n) is 9.03. The van der Waals surface area contributed by atoms with E-state index in [2.05, 4.69) is 25.1 Å². The first-order chi connectivity index (χ1) is 14.1. The van der Waals surface area contributed by atoms with E-state index < -0.39 is 8.38 Å². The molecule has 1 N–H and O–H groups in total. The summed E-state index contributed by atoms with van der Waals surface area (Å²) < 4.78 is 34.1. The molecule has 1 unspecified atom stereocenters. The predicted molar refractivity (Wildman–Crippen MR) is 108 cm³/mol. The average Bonchev–Trinajstić information content (AvgIpc) is 3.15. The van der Waals surface area contributed by atoms with Crippen molar-refractivity contribution in [3.63, 3.8) is 0 Å². The number of fused-ring (bicyclic) bond motifs is 1. The monoisotopic (exact) mass is 423 g/mol. The molecule has 29 heavy (non-hydrogen) atoms. The molecule has 2 heterocycles. The van der Waals surface area contributed by atoms with Crippen LogP contribution in [0.5, 0.6) is 5.75 Å². The van der Waals surface area contributed by atoms with Gasteiger partial charge in [-0.05, 0) is 36.6 Å². The number of benzene rings is 1. The fourth-order valence-corrected chi connectivity index (χ4v) is 3.53. The van der Waals surface area contributed by atoms with Crippen molar-refractivity contribution in [1.29, 1.82) is 0 Å². The van der Waals surface area contributed by atoms with Crippen LogP contribution in [0.15, 0.2) is 36.8 Å². The quantitative estimate of drug-likeness (QED) is 0.459. The largest absolute Gasteiger partial charge is 0.488 e. The van der Waals surface area contributed by atoms with E-state index in [1.54, 1.807) is 31.0 Å². The van der Waals surface area contributed by atoms with Gasteiger partial charge in [-0.3, -0.25) is 4.68 Å². The van der Waals surface area contributed by atoms with Crippen molar-refractivity contribution in [2.24, 2.45) is 0 Å². The number of methoxy groups -OCH3 is 1. The highest BCUT2D eigenvalue weighted by molar-refractivity contribution is 7.45. The van der Waals surface area contributed by atoms with Crippen molar-refractivity contribution in [3.05, 3.63) is 36.8 Å². The molecule has 2 atom stereocenters. The summed E-state index contributed by atoms with van der Waals surface area (Å²) >= 11 is 0. The Labute approximate surface area is 169 Å². The van der Waals surface area contributed by atoms with Gasteiger partial charge in [0.1, 0.15) is 30.3 Å². The van der Waals surface area contributed by atoms with Gasteiger partial charge in [-0.1, -0.05) is 0 Å². The van der Waals surface area contributed by atoms with Crippen LogP contribution in [0, 0.1) is 0 Å². The maximum Gasteiger partial charge on any atom is 0.237 e. The van der Waals surface area contributed by atoms with Crippen LogP contribution in [0.3, 0.4) is 0 Å². The molecule has 9 nitrogen and oxygen atoms in total. The Kier molecular flexibility index (Phi) is 7.65. The van der Waals surface area contributed by atoms with E-state index in [-0.39, 0.29) is 12.4 Å². The summed E-state index contributed by atoms with van der Waals surface area (Å²) in [6, 6.07) is 7.34. The van der Waals surface area contributed by atoms with Gasteiger partial charge in [-0.25, -0.2) is 9.97 Å². The van der Waals surface area contributed by atoms with Crippen molar-refractivity contribution >= 4 is 30.9 Å². The summed E-state index contributed by atoms with van der Waals surface area (Å²) in [5.41, 5.74) is 0.763. The molecule has 3 rings (SSSR count). The number of ether oxygens (including phenoxy) is 2. The molecule has 0 aliphatic heterocycles. The van der Waals surface area contributed by atoms with Gasteiger partial charge in [0.15, 0.2) is 5.82 Å². The molecule has 0 radical (unpaired) electrons. The molecule has 1 aromatic carbocycles. The number of anilines is 2. The molecule has 0 fully saturated rings. The van der Waals surface area contributed by atoms with Gasteiger partial charge in [-0.2, -0.15) is 5.10 Å². The van der Waals surface area contributed by atoms with Crippen LogP contribution in [0.1, 0.15) is 13.8 Å². The minimum Gasteiger partial charge on any atom is -0.488 e. The van der Waals surface area contributed by atoms with Crippen LogP contribution in [-0.2, 0) is 20.3 Å². The van der Waals surface area contributed by atoms with Gasteiger partial charge in [0.05, 0.1) is 18.7 Å². The van der Waals surface area contributed by atoms with E-state index in [1.807, 2.05) is 25.1 Å². The highest BCUT2D eigenvalue weighted by Gasteiger charge is 2.14. The van der Waals surface area contributed by atoms with E-state index in [0.717, 1.165) is 10.9 Å². The third-order valence-electron chi connectivity index (χ3n) is 3.84. The van der Waals surface area contributed by atoms with Crippen molar-refractivity contribution in [2.45, 2.75) is 26.2 Å². The van der Waals surface area contributed by atoms with Crippen molar-refractivity contribution in [3.8, 4) is 5.75 Å². The minimum atomic E-state index is -1.67. The number of nitrogens with zero attached hydrogens (tertiary/aromatic N) is 4. The molecule has 0 saturated carbocycles. The molecular formula is C18H23FN5O4P. The second kappa shape index (κ2) is 10.4. The standard InChI is InChI=1S/C18H23FN5O4P/c1-4-26-29(28-19)12-24-8-7-17(23-24)22-18-15-9-14(27-13(2)10-25-3)5-6-16(15)20-11-21-18/h5-9,11,13H,4,10,12H2,1-3H3,(H,20,21,22,23)/t13-,29?/m0/s1. The lowest BCUT2D eigenvalue weighted by Crippen LogP contribution is -2.17. The Balaban J connectivity index is 1.77. The van der Waals surface area contributed by atoms with Crippen molar-refractivity contribution in [1.82, 2.24) is 19.7 Å². The Hall–Kier alpha value is -2.39. The topological polar surface area (TPSA) is 92.6 Å². The zero-order valence-corrected chi connectivity index (χ0v) is 17.3. The fraction of sp³-hybridized carbons (Fsp3) is 0.389. The van der Waals surface area contributed by atoms with Gasteiger partial charge < -0.3 is 19.3 Å². The third kappa shape index (κ3) is 5.80.